The van der Waals surface area contributed by atoms with E-state index in [-0.39, 0.29) is 18.3 Å². The van der Waals surface area contributed by atoms with Crippen molar-refractivity contribution in [3.05, 3.63) is 76.7 Å². The highest BCUT2D eigenvalue weighted by Crippen LogP contribution is 2.27. The number of hydroxylamine groups is 1. The average molecular weight is 502 g/mol. The first-order valence-electron chi connectivity index (χ1n) is 10.7. The van der Waals surface area contributed by atoms with Crippen LogP contribution in [0.3, 0.4) is 0 Å². The van der Waals surface area contributed by atoms with Crippen LogP contribution in [0, 0.1) is 5.41 Å². The molecule has 0 saturated carbocycles. The van der Waals surface area contributed by atoms with E-state index < -0.39 is 39.2 Å². The van der Waals surface area contributed by atoms with Gasteiger partial charge in [0, 0.05) is 11.0 Å². The summed E-state index contributed by atoms with van der Waals surface area (Å²) in [6.07, 6.45) is 0.908. The molecule has 3 rings (SSSR count). The van der Waals surface area contributed by atoms with E-state index in [1.165, 1.54) is 6.08 Å². The molecule has 1 heterocycles. The SMILES string of the molecule is N=C(N)c1ccc([C@@H]2C[C@H](CC(=O)N[C@H](C(N)C(=O)O)S(=O)(=O)C=Cc3ccccc3)ON2)cc1. The number of hydrogen-bond acceptors (Lipinski definition) is 8. The maximum absolute atomic E-state index is 12.8. The van der Waals surface area contributed by atoms with Crippen LogP contribution in [0.4, 0.5) is 0 Å². The monoisotopic (exact) mass is 501 g/mol. The number of aliphatic carboxylic acids is 1. The van der Waals surface area contributed by atoms with Crippen LogP contribution in [-0.4, -0.2) is 48.8 Å². The predicted molar refractivity (Wildman–Crippen MR) is 129 cm³/mol. The summed E-state index contributed by atoms with van der Waals surface area (Å²) in [6, 6.07) is 13.4. The maximum Gasteiger partial charge on any atom is 0.323 e. The fourth-order valence-corrected chi connectivity index (χ4v) is 4.85. The Labute approximate surface area is 202 Å². The molecule has 1 amide bonds. The molecule has 0 radical (unpaired) electrons. The van der Waals surface area contributed by atoms with E-state index in [4.69, 9.17) is 21.7 Å². The van der Waals surface area contributed by atoms with Crippen LogP contribution >= 0.6 is 0 Å². The van der Waals surface area contributed by atoms with Gasteiger partial charge in [0.15, 0.2) is 15.2 Å². The topological polar surface area (TPSA) is 198 Å². The quantitative estimate of drug-likeness (QED) is 0.200. The lowest BCUT2D eigenvalue weighted by atomic mass is 9.99. The Morgan fingerprint density at radius 3 is 2.46 bits per heavy atom. The van der Waals surface area contributed by atoms with Crippen molar-refractivity contribution in [2.24, 2.45) is 11.5 Å². The number of rotatable bonds is 10. The number of nitrogens with one attached hydrogen (secondary N) is 3. The van der Waals surface area contributed by atoms with E-state index in [1.807, 2.05) is 0 Å². The molecule has 1 fully saturated rings. The second-order valence-electron chi connectivity index (χ2n) is 8.04. The number of nitrogens with two attached hydrogens (primary N) is 2. The van der Waals surface area contributed by atoms with Gasteiger partial charge in [-0.2, -0.15) is 5.48 Å². The Balaban J connectivity index is 1.65. The molecule has 0 spiro atoms. The first kappa shape index (κ1) is 26.0. The van der Waals surface area contributed by atoms with Crippen molar-refractivity contribution in [1.29, 1.82) is 5.41 Å². The Morgan fingerprint density at radius 2 is 1.86 bits per heavy atom. The van der Waals surface area contributed by atoms with E-state index in [0.29, 0.717) is 17.5 Å². The molecule has 1 unspecified atom stereocenters. The van der Waals surface area contributed by atoms with Crippen LogP contribution in [0.1, 0.15) is 35.6 Å². The molecule has 0 bridgehead atoms. The summed E-state index contributed by atoms with van der Waals surface area (Å²) in [5, 5.41) is 18.0. The van der Waals surface area contributed by atoms with Crippen molar-refractivity contribution in [2.75, 3.05) is 0 Å². The lowest BCUT2D eigenvalue weighted by Crippen LogP contribution is -2.55. The van der Waals surface area contributed by atoms with Crippen molar-refractivity contribution >= 4 is 33.6 Å². The van der Waals surface area contributed by atoms with E-state index in [1.54, 1.807) is 54.6 Å². The van der Waals surface area contributed by atoms with Crippen molar-refractivity contribution in [2.45, 2.75) is 36.4 Å². The van der Waals surface area contributed by atoms with Gasteiger partial charge >= 0.3 is 5.97 Å². The van der Waals surface area contributed by atoms with Gasteiger partial charge in [0.2, 0.25) is 5.91 Å². The second-order valence-corrected chi connectivity index (χ2v) is 10.00. The Morgan fingerprint density at radius 1 is 1.20 bits per heavy atom. The zero-order valence-corrected chi connectivity index (χ0v) is 19.4. The van der Waals surface area contributed by atoms with Crippen molar-refractivity contribution in [1.82, 2.24) is 10.8 Å². The average Bonchev–Trinajstić information content (AvgIpc) is 3.29. The van der Waals surface area contributed by atoms with E-state index in [0.717, 1.165) is 11.0 Å². The predicted octanol–water partition coefficient (Wildman–Crippen LogP) is 0.635. The molecular weight excluding hydrogens is 474 g/mol. The van der Waals surface area contributed by atoms with Crippen molar-refractivity contribution in [3.8, 4) is 0 Å². The van der Waals surface area contributed by atoms with Crippen LogP contribution in [0.25, 0.3) is 6.08 Å². The van der Waals surface area contributed by atoms with Gasteiger partial charge in [0.25, 0.3) is 0 Å². The number of carboxylic acids is 1. The molecule has 12 heteroatoms. The normalized spacial score (nSPS) is 19.8. The first-order chi connectivity index (χ1) is 16.6. The molecule has 8 N–H and O–H groups in total. The Hall–Kier alpha value is -3.58. The summed E-state index contributed by atoms with van der Waals surface area (Å²) < 4.78 is 25.6. The Bertz CT molecular complexity index is 1200. The molecule has 0 aliphatic carbocycles. The minimum atomic E-state index is -4.26. The number of nitrogen functional groups attached to an aromatic ring is 1. The zero-order valence-electron chi connectivity index (χ0n) is 18.6. The molecule has 11 nitrogen and oxygen atoms in total. The molecule has 1 saturated heterocycles. The molecular formula is C23H27N5O6S. The minimum absolute atomic E-state index is 0.0515. The molecule has 1 aliphatic heterocycles. The van der Waals surface area contributed by atoms with Crippen LogP contribution in [0.15, 0.2) is 60.0 Å². The summed E-state index contributed by atoms with van der Waals surface area (Å²) in [5.41, 5.74) is 15.9. The largest absolute Gasteiger partial charge is 0.480 e. The van der Waals surface area contributed by atoms with E-state index in [9.17, 15) is 23.1 Å². The highest BCUT2D eigenvalue weighted by atomic mass is 32.2. The number of carbonyl (C=O) groups excluding carboxylic acids is 1. The maximum atomic E-state index is 12.8. The Kier molecular flexibility index (Phi) is 8.35. The number of hydrogen-bond donors (Lipinski definition) is 6. The van der Waals surface area contributed by atoms with E-state index >= 15 is 0 Å². The van der Waals surface area contributed by atoms with Crippen molar-refractivity contribution < 1.29 is 28.0 Å². The molecule has 0 aromatic heterocycles. The van der Waals surface area contributed by atoms with Crippen LogP contribution in [-0.2, 0) is 24.3 Å². The second kappa shape index (κ2) is 11.2. The fraction of sp³-hybridized carbons (Fsp3) is 0.261. The zero-order chi connectivity index (χ0) is 25.6. The summed E-state index contributed by atoms with van der Waals surface area (Å²) in [7, 11) is -4.26. The van der Waals surface area contributed by atoms with Gasteiger partial charge in [-0.15, -0.1) is 0 Å². The third kappa shape index (κ3) is 6.96. The standard InChI is InChI=1S/C23H27N5O6S/c24-20(23(30)31)22(35(32,33)11-10-14-4-2-1-3-5-14)27-19(29)13-17-12-18(28-34-17)15-6-8-16(9-7-15)21(25)26/h1-11,17-18,20,22,28H,12-13,24H2,(H3,25,26)(H,27,29)(H,30,31)/t17-,18+,20?,22+/m1/s1. The lowest BCUT2D eigenvalue weighted by molar-refractivity contribution is -0.138. The van der Waals surface area contributed by atoms with Crippen molar-refractivity contribution in [3.63, 3.8) is 0 Å². The van der Waals surface area contributed by atoms with E-state index in [2.05, 4.69) is 10.8 Å². The molecule has 4 atom stereocenters. The number of amidine groups is 1. The molecule has 186 valence electrons. The summed E-state index contributed by atoms with van der Waals surface area (Å²) in [4.78, 5) is 29.5. The third-order valence-corrected chi connectivity index (χ3v) is 7.07. The van der Waals surface area contributed by atoms with Crippen LogP contribution < -0.4 is 22.3 Å². The van der Waals surface area contributed by atoms with Gasteiger partial charge < -0.3 is 21.9 Å². The molecule has 2 aromatic rings. The van der Waals surface area contributed by atoms with Gasteiger partial charge in [0.05, 0.1) is 18.6 Å². The minimum Gasteiger partial charge on any atom is -0.480 e. The summed E-state index contributed by atoms with van der Waals surface area (Å²) in [5.74, 6) is -2.34. The summed E-state index contributed by atoms with van der Waals surface area (Å²) in [6.45, 7) is 0. The van der Waals surface area contributed by atoms with Gasteiger partial charge in [-0.1, -0.05) is 54.6 Å². The number of carbonyl (C=O) groups is 2. The fourth-order valence-electron chi connectivity index (χ4n) is 3.51. The van der Waals surface area contributed by atoms with Crippen LogP contribution in [0.2, 0.25) is 0 Å². The first-order valence-corrected chi connectivity index (χ1v) is 12.3. The molecule has 2 aromatic carbocycles. The molecule has 1 aliphatic rings. The number of benzene rings is 2. The number of carboxylic acid groups (broad SMARTS) is 1. The van der Waals surface area contributed by atoms with Gasteiger partial charge in [-0.05, 0) is 23.6 Å². The number of sulfone groups is 1. The summed E-state index contributed by atoms with van der Waals surface area (Å²) >= 11 is 0. The third-order valence-electron chi connectivity index (χ3n) is 5.43. The highest BCUT2D eigenvalue weighted by Gasteiger charge is 2.37. The van der Waals surface area contributed by atoms with Gasteiger partial charge in [0.1, 0.15) is 11.9 Å². The smallest absolute Gasteiger partial charge is 0.323 e. The van der Waals surface area contributed by atoms with Gasteiger partial charge in [-0.25, -0.2) is 8.42 Å². The van der Waals surface area contributed by atoms with Gasteiger partial charge in [-0.3, -0.25) is 19.8 Å². The highest BCUT2D eigenvalue weighted by molar-refractivity contribution is 7.95. The molecule has 35 heavy (non-hydrogen) atoms. The van der Waals surface area contributed by atoms with Crippen LogP contribution in [0.5, 0.6) is 0 Å². The number of amides is 1. The lowest BCUT2D eigenvalue weighted by Gasteiger charge is -2.21.